The van der Waals surface area contributed by atoms with Gasteiger partial charge in [0, 0.05) is 34.1 Å². The number of benzene rings is 2. The number of nitrogen functional groups attached to an aromatic ring is 1. The van der Waals surface area contributed by atoms with Crippen LogP contribution in [-0.4, -0.2) is 41.9 Å². The minimum absolute atomic E-state index is 0.0627. The molecule has 0 fully saturated rings. The number of H-pyrrole nitrogens is 1. The third kappa shape index (κ3) is 3.16. The van der Waals surface area contributed by atoms with Gasteiger partial charge in [-0.25, -0.2) is 4.39 Å². The highest BCUT2D eigenvalue weighted by Crippen LogP contribution is 2.45. The van der Waals surface area contributed by atoms with Crippen LogP contribution in [0.5, 0.6) is 5.75 Å². The van der Waals surface area contributed by atoms with Gasteiger partial charge in [0.1, 0.15) is 18.2 Å². The molecule has 30 heavy (non-hydrogen) atoms. The molecule has 158 valence electrons. The molecule has 1 heterocycles. The molecule has 5 nitrogen and oxygen atoms in total. The summed E-state index contributed by atoms with van der Waals surface area (Å²) in [4.78, 5) is 19.0. The zero-order chi connectivity index (χ0) is 21.6. The van der Waals surface area contributed by atoms with Gasteiger partial charge in [0.2, 0.25) is 0 Å². The molecule has 0 amide bonds. The maximum atomic E-state index is 14.1. The molecule has 0 atom stereocenters. The lowest BCUT2D eigenvalue weighted by molar-refractivity contribution is 0.103. The standard InChI is InChI=1S/C24H28FN3O2/c1-5-28(6-2)9-10-30-14-7-8-15-17(11-14)24(3,4)23-21(22(15)29)16-12-18(25)19(26)13-20(16)27-23/h7-8,11-13,27H,5-6,9-10,26H2,1-4H3. The summed E-state index contributed by atoms with van der Waals surface area (Å²) in [5.74, 6) is 0.124. The van der Waals surface area contributed by atoms with Crippen molar-refractivity contribution < 1.29 is 13.9 Å². The van der Waals surface area contributed by atoms with Gasteiger partial charge >= 0.3 is 0 Å². The second kappa shape index (κ2) is 7.43. The van der Waals surface area contributed by atoms with Gasteiger partial charge in [-0.3, -0.25) is 4.79 Å². The van der Waals surface area contributed by atoms with Crippen molar-refractivity contribution in [1.29, 1.82) is 0 Å². The Balaban J connectivity index is 1.72. The molecule has 0 saturated carbocycles. The largest absolute Gasteiger partial charge is 0.492 e. The molecule has 0 bridgehead atoms. The number of carbonyl (C=O) groups is 1. The predicted molar refractivity (Wildman–Crippen MR) is 118 cm³/mol. The van der Waals surface area contributed by atoms with Gasteiger partial charge in [0.05, 0.1) is 11.3 Å². The van der Waals surface area contributed by atoms with Crippen molar-refractivity contribution in [3.8, 4) is 5.75 Å². The first-order chi connectivity index (χ1) is 14.3. The summed E-state index contributed by atoms with van der Waals surface area (Å²) in [6.45, 7) is 11.8. The number of anilines is 1. The number of nitrogens with two attached hydrogens (primary N) is 1. The van der Waals surface area contributed by atoms with E-state index in [1.54, 1.807) is 6.07 Å². The first kappa shape index (κ1) is 20.4. The van der Waals surface area contributed by atoms with E-state index in [9.17, 15) is 9.18 Å². The van der Waals surface area contributed by atoms with Crippen LogP contribution >= 0.6 is 0 Å². The van der Waals surface area contributed by atoms with E-state index < -0.39 is 11.2 Å². The van der Waals surface area contributed by atoms with Crippen LogP contribution in [0.4, 0.5) is 10.1 Å². The molecule has 0 unspecified atom stereocenters. The maximum Gasteiger partial charge on any atom is 0.195 e. The lowest BCUT2D eigenvalue weighted by atomic mass is 9.71. The van der Waals surface area contributed by atoms with Crippen molar-refractivity contribution in [3.63, 3.8) is 0 Å². The van der Waals surface area contributed by atoms with E-state index in [1.165, 1.54) is 6.07 Å². The molecule has 0 spiro atoms. The number of ether oxygens (including phenoxy) is 1. The fraction of sp³-hybridized carbons (Fsp3) is 0.375. The highest BCUT2D eigenvalue weighted by molar-refractivity contribution is 6.20. The fourth-order valence-electron chi connectivity index (χ4n) is 4.37. The van der Waals surface area contributed by atoms with Crippen LogP contribution in [0.25, 0.3) is 10.9 Å². The van der Waals surface area contributed by atoms with Crippen molar-refractivity contribution in [2.24, 2.45) is 0 Å². The maximum absolute atomic E-state index is 14.1. The van der Waals surface area contributed by atoms with Crippen LogP contribution in [0.2, 0.25) is 0 Å². The predicted octanol–water partition coefficient (Wildman–Crippen LogP) is 4.48. The number of nitrogens with zero attached hydrogens (tertiary/aromatic N) is 1. The van der Waals surface area contributed by atoms with Gasteiger partial charge < -0.3 is 20.4 Å². The Morgan fingerprint density at radius 1 is 1.17 bits per heavy atom. The molecule has 6 heteroatoms. The van der Waals surface area contributed by atoms with Crippen molar-refractivity contribution in [2.45, 2.75) is 33.1 Å². The Morgan fingerprint density at radius 2 is 1.90 bits per heavy atom. The third-order valence-electron chi connectivity index (χ3n) is 6.25. The Bertz CT molecular complexity index is 1130. The minimum atomic E-state index is -0.516. The normalized spacial score (nSPS) is 14.8. The molecule has 0 saturated heterocycles. The topological polar surface area (TPSA) is 71.3 Å². The number of hydrogen-bond donors (Lipinski definition) is 2. The van der Waals surface area contributed by atoms with Crippen molar-refractivity contribution in [1.82, 2.24) is 9.88 Å². The summed E-state index contributed by atoms with van der Waals surface area (Å²) in [6.07, 6.45) is 0. The first-order valence-electron chi connectivity index (χ1n) is 10.4. The number of nitrogens with one attached hydrogen (secondary N) is 1. The van der Waals surface area contributed by atoms with E-state index in [0.29, 0.717) is 28.6 Å². The molecule has 0 radical (unpaired) electrons. The van der Waals surface area contributed by atoms with Crippen LogP contribution in [-0.2, 0) is 5.41 Å². The molecule has 3 aromatic rings. The lowest BCUT2D eigenvalue weighted by Crippen LogP contribution is -2.30. The van der Waals surface area contributed by atoms with Crippen molar-refractivity contribution >= 4 is 22.4 Å². The molecule has 1 aliphatic carbocycles. The van der Waals surface area contributed by atoms with E-state index in [0.717, 1.165) is 36.6 Å². The Morgan fingerprint density at radius 3 is 2.60 bits per heavy atom. The van der Waals surface area contributed by atoms with Gasteiger partial charge in [-0.1, -0.05) is 27.7 Å². The number of rotatable bonds is 6. The van der Waals surface area contributed by atoms with E-state index in [-0.39, 0.29) is 11.5 Å². The van der Waals surface area contributed by atoms with Crippen LogP contribution in [0, 0.1) is 5.82 Å². The Hall–Kier alpha value is -2.86. The van der Waals surface area contributed by atoms with E-state index >= 15 is 0 Å². The molecular formula is C24H28FN3O2. The molecule has 0 aliphatic heterocycles. The average molecular weight is 410 g/mol. The number of aromatic nitrogens is 1. The van der Waals surface area contributed by atoms with Gasteiger partial charge in [-0.15, -0.1) is 0 Å². The van der Waals surface area contributed by atoms with Gasteiger partial charge in [0.15, 0.2) is 5.78 Å². The molecule has 4 rings (SSSR count). The smallest absolute Gasteiger partial charge is 0.195 e. The van der Waals surface area contributed by atoms with Crippen molar-refractivity contribution in [3.05, 3.63) is 58.5 Å². The minimum Gasteiger partial charge on any atom is -0.492 e. The van der Waals surface area contributed by atoms with Gasteiger partial charge in [-0.05, 0) is 49.0 Å². The molecular weight excluding hydrogens is 381 g/mol. The Labute approximate surface area is 176 Å². The van der Waals surface area contributed by atoms with Gasteiger partial charge in [0.25, 0.3) is 0 Å². The van der Waals surface area contributed by atoms with Crippen LogP contribution in [0.1, 0.15) is 54.9 Å². The van der Waals surface area contributed by atoms with Crippen molar-refractivity contribution in [2.75, 3.05) is 32.0 Å². The highest BCUT2D eigenvalue weighted by Gasteiger charge is 2.40. The summed E-state index contributed by atoms with van der Waals surface area (Å²) in [5.41, 5.74) is 8.83. The number of fused-ring (bicyclic) bond motifs is 4. The molecule has 1 aliphatic rings. The summed E-state index contributed by atoms with van der Waals surface area (Å²) >= 11 is 0. The summed E-state index contributed by atoms with van der Waals surface area (Å²) < 4.78 is 20.1. The highest BCUT2D eigenvalue weighted by atomic mass is 19.1. The van der Waals surface area contributed by atoms with E-state index in [1.807, 2.05) is 18.2 Å². The molecule has 1 aromatic heterocycles. The number of aromatic amines is 1. The second-order valence-corrected chi connectivity index (χ2v) is 8.33. The van der Waals surface area contributed by atoms with Crippen LogP contribution < -0.4 is 10.5 Å². The third-order valence-corrected chi connectivity index (χ3v) is 6.25. The number of hydrogen-bond acceptors (Lipinski definition) is 4. The first-order valence-corrected chi connectivity index (χ1v) is 10.4. The monoisotopic (exact) mass is 409 g/mol. The van der Waals surface area contributed by atoms with Crippen LogP contribution in [0.3, 0.4) is 0 Å². The fourth-order valence-corrected chi connectivity index (χ4v) is 4.37. The summed E-state index contributed by atoms with van der Waals surface area (Å²) in [7, 11) is 0. The molecule has 3 N–H and O–H groups in total. The second-order valence-electron chi connectivity index (χ2n) is 8.33. The van der Waals surface area contributed by atoms with E-state index in [4.69, 9.17) is 10.5 Å². The summed E-state index contributed by atoms with van der Waals surface area (Å²) in [6, 6.07) is 8.52. The lowest BCUT2D eigenvalue weighted by Gasteiger charge is -2.32. The number of carbonyl (C=O) groups excluding carboxylic acids is 1. The van der Waals surface area contributed by atoms with Crippen LogP contribution in [0.15, 0.2) is 30.3 Å². The zero-order valence-corrected chi connectivity index (χ0v) is 17.9. The van der Waals surface area contributed by atoms with Gasteiger partial charge in [-0.2, -0.15) is 0 Å². The summed E-state index contributed by atoms with van der Waals surface area (Å²) in [5, 5.41) is 0.569. The SMILES string of the molecule is CCN(CC)CCOc1ccc2c(c1)C(C)(C)c1[nH]c3cc(N)c(F)cc3c1C2=O. The quantitative estimate of drug-likeness (QED) is 0.589. The van der Waals surface area contributed by atoms with E-state index in [2.05, 4.69) is 37.6 Å². The molecule has 2 aromatic carbocycles. The number of ketones is 1. The number of likely N-dealkylation sites (N-methyl/N-ethyl adjacent to an activating group) is 1. The zero-order valence-electron chi connectivity index (χ0n) is 17.9. The number of halogens is 1. The average Bonchev–Trinajstić information content (AvgIpc) is 3.09. The Kier molecular flexibility index (Phi) is 5.06.